The van der Waals surface area contributed by atoms with E-state index in [4.69, 9.17) is 0 Å². The molecule has 1 heterocycles. The first kappa shape index (κ1) is 11.4. The fraction of sp³-hybridized carbons (Fsp3) is 0.615. The Morgan fingerprint density at radius 2 is 2.19 bits per heavy atom. The summed E-state index contributed by atoms with van der Waals surface area (Å²) in [5.74, 6) is 1.52. The molecule has 3 heteroatoms. The highest BCUT2D eigenvalue weighted by molar-refractivity contribution is 5.36. The normalized spacial score (nSPS) is 30.1. The minimum absolute atomic E-state index is 0.256. The van der Waals surface area contributed by atoms with Crippen molar-refractivity contribution in [1.82, 2.24) is 4.98 Å². The van der Waals surface area contributed by atoms with Gasteiger partial charge in [-0.2, -0.15) is 0 Å². The summed E-state index contributed by atoms with van der Waals surface area (Å²) in [7, 11) is 0. The zero-order valence-electron chi connectivity index (χ0n) is 9.91. The van der Waals surface area contributed by atoms with E-state index in [9.17, 15) is 4.39 Å². The van der Waals surface area contributed by atoms with Crippen LogP contribution >= 0.6 is 0 Å². The zero-order chi connectivity index (χ0) is 11.5. The lowest BCUT2D eigenvalue weighted by Gasteiger charge is -2.33. The molecule has 1 aromatic heterocycles. The Kier molecular flexibility index (Phi) is 3.42. The van der Waals surface area contributed by atoms with Crippen molar-refractivity contribution in [2.75, 3.05) is 5.32 Å². The molecule has 16 heavy (non-hydrogen) atoms. The number of aromatic nitrogens is 1. The van der Waals surface area contributed by atoms with Crippen LogP contribution in [0.5, 0.6) is 0 Å². The fourth-order valence-electron chi connectivity index (χ4n) is 2.55. The van der Waals surface area contributed by atoms with Gasteiger partial charge in [-0.3, -0.25) is 0 Å². The smallest absolute Gasteiger partial charge is 0.165 e. The van der Waals surface area contributed by atoms with Gasteiger partial charge in [0.1, 0.15) is 0 Å². The number of rotatable bonds is 2. The van der Waals surface area contributed by atoms with Crippen LogP contribution < -0.4 is 5.32 Å². The van der Waals surface area contributed by atoms with Crippen molar-refractivity contribution in [3.8, 4) is 0 Å². The van der Waals surface area contributed by atoms with Crippen LogP contribution in [-0.2, 0) is 0 Å². The highest BCUT2D eigenvalue weighted by atomic mass is 19.1. The number of nitrogens with zero attached hydrogens (tertiary/aromatic N) is 1. The van der Waals surface area contributed by atoms with Crippen molar-refractivity contribution in [3.05, 3.63) is 24.1 Å². The molecule has 1 aliphatic carbocycles. The molecule has 3 unspecified atom stereocenters. The van der Waals surface area contributed by atoms with Crippen molar-refractivity contribution < 1.29 is 4.39 Å². The molecule has 1 aliphatic rings. The topological polar surface area (TPSA) is 24.9 Å². The summed E-state index contributed by atoms with van der Waals surface area (Å²) in [6, 6.07) is 3.43. The minimum Gasteiger partial charge on any atom is -0.365 e. The van der Waals surface area contributed by atoms with Crippen molar-refractivity contribution in [2.24, 2.45) is 11.8 Å². The molecule has 3 atom stereocenters. The van der Waals surface area contributed by atoms with E-state index in [1.807, 2.05) is 0 Å². The summed E-state index contributed by atoms with van der Waals surface area (Å²) in [6.45, 7) is 4.52. The number of hydrogen-bond donors (Lipinski definition) is 1. The Morgan fingerprint density at radius 3 is 2.88 bits per heavy atom. The summed E-state index contributed by atoms with van der Waals surface area (Å²) in [6.07, 6.45) is 5.17. The van der Waals surface area contributed by atoms with Crippen molar-refractivity contribution in [1.29, 1.82) is 0 Å². The average Bonchev–Trinajstić information content (AvgIpc) is 2.25. The van der Waals surface area contributed by atoms with E-state index >= 15 is 0 Å². The van der Waals surface area contributed by atoms with Crippen LogP contribution in [0.15, 0.2) is 18.3 Å². The molecule has 1 N–H and O–H groups in total. The summed E-state index contributed by atoms with van der Waals surface area (Å²) in [4.78, 5) is 4.04. The van der Waals surface area contributed by atoms with Crippen molar-refractivity contribution >= 4 is 5.82 Å². The molecule has 0 radical (unpaired) electrons. The van der Waals surface area contributed by atoms with Crippen LogP contribution in [0.1, 0.15) is 33.1 Å². The quantitative estimate of drug-likeness (QED) is 0.829. The van der Waals surface area contributed by atoms with E-state index in [-0.39, 0.29) is 5.82 Å². The van der Waals surface area contributed by atoms with E-state index < -0.39 is 0 Å². The second kappa shape index (κ2) is 4.81. The molecule has 0 spiro atoms. The van der Waals surface area contributed by atoms with Gasteiger partial charge in [-0.05, 0) is 43.2 Å². The van der Waals surface area contributed by atoms with Gasteiger partial charge in [0.15, 0.2) is 11.6 Å². The number of anilines is 1. The van der Waals surface area contributed by atoms with Gasteiger partial charge >= 0.3 is 0 Å². The summed E-state index contributed by atoms with van der Waals surface area (Å²) in [5, 5.41) is 3.23. The van der Waals surface area contributed by atoms with Gasteiger partial charge in [0.2, 0.25) is 0 Å². The van der Waals surface area contributed by atoms with E-state index in [1.165, 1.54) is 18.9 Å². The fourth-order valence-corrected chi connectivity index (χ4v) is 2.55. The number of pyridine rings is 1. The summed E-state index contributed by atoms with van der Waals surface area (Å²) >= 11 is 0. The van der Waals surface area contributed by atoms with Gasteiger partial charge < -0.3 is 5.32 Å². The molecule has 88 valence electrons. The molecule has 2 rings (SSSR count). The first-order valence-corrected chi connectivity index (χ1v) is 6.04. The first-order chi connectivity index (χ1) is 7.66. The molecule has 1 saturated carbocycles. The van der Waals surface area contributed by atoms with Gasteiger partial charge in [0, 0.05) is 12.2 Å². The van der Waals surface area contributed by atoms with Crippen molar-refractivity contribution in [2.45, 2.75) is 39.2 Å². The maximum Gasteiger partial charge on any atom is 0.165 e. The lowest BCUT2D eigenvalue weighted by atomic mass is 9.80. The van der Waals surface area contributed by atoms with Gasteiger partial charge in [-0.1, -0.05) is 13.8 Å². The third-order valence-corrected chi connectivity index (χ3v) is 3.51. The molecule has 2 nitrogen and oxygen atoms in total. The summed E-state index contributed by atoms with van der Waals surface area (Å²) < 4.78 is 13.4. The molecular formula is C13H19FN2. The molecule has 1 fully saturated rings. The SMILES string of the molecule is CC1CCC(Nc2ncccc2F)C(C)C1. The number of nitrogens with one attached hydrogen (secondary N) is 1. The Labute approximate surface area is 96.3 Å². The third-order valence-electron chi connectivity index (χ3n) is 3.51. The van der Waals surface area contributed by atoms with E-state index in [2.05, 4.69) is 24.1 Å². The van der Waals surface area contributed by atoms with Crippen LogP contribution in [0.25, 0.3) is 0 Å². The Balaban J connectivity index is 2.02. The largest absolute Gasteiger partial charge is 0.365 e. The van der Waals surface area contributed by atoms with Gasteiger partial charge in [-0.25, -0.2) is 9.37 Å². The van der Waals surface area contributed by atoms with Gasteiger partial charge in [0.25, 0.3) is 0 Å². The van der Waals surface area contributed by atoms with Crippen LogP contribution in [0, 0.1) is 17.7 Å². The standard InChI is InChI=1S/C13H19FN2/c1-9-5-6-12(10(2)8-9)16-13-11(14)4-3-7-15-13/h3-4,7,9-10,12H,5-6,8H2,1-2H3,(H,15,16). The zero-order valence-corrected chi connectivity index (χ0v) is 9.91. The lowest BCUT2D eigenvalue weighted by molar-refractivity contribution is 0.275. The molecule has 0 saturated heterocycles. The predicted molar refractivity (Wildman–Crippen MR) is 63.8 cm³/mol. The van der Waals surface area contributed by atoms with Crippen LogP contribution in [-0.4, -0.2) is 11.0 Å². The first-order valence-electron chi connectivity index (χ1n) is 6.04. The molecule has 1 aromatic rings. The number of halogens is 1. The highest BCUT2D eigenvalue weighted by Gasteiger charge is 2.25. The summed E-state index contributed by atoms with van der Waals surface area (Å²) in [5.41, 5.74) is 0. The maximum absolute atomic E-state index is 13.4. The Morgan fingerprint density at radius 1 is 1.38 bits per heavy atom. The van der Waals surface area contributed by atoms with E-state index in [0.717, 1.165) is 12.3 Å². The minimum atomic E-state index is -0.256. The Hall–Kier alpha value is -1.12. The predicted octanol–water partition coefficient (Wildman–Crippen LogP) is 3.46. The van der Waals surface area contributed by atoms with Crippen LogP contribution in [0.3, 0.4) is 0 Å². The van der Waals surface area contributed by atoms with Crippen LogP contribution in [0.4, 0.5) is 10.2 Å². The second-order valence-electron chi connectivity index (χ2n) is 4.98. The third kappa shape index (κ3) is 2.52. The Bertz CT molecular complexity index is 354. The van der Waals surface area contributed by atoms with Gasteiger partial charge in [-0.15, -0.1) is 0 Å². The van der Waals surface area contributed by atoms with Crippen LogP contribution in [0.2, 0.25) is 0 Å². The molecule has 0 amide bonds. The average molecular weight is 222 g/mol. The number of hydrogen-bond acceptors (Lipinski definition) is 2. The molecular weight excluding hydrogens is 203 g/mol. The van der Waals surface area contributed by atoms with Crippen molar-refractivity contribution in [3.63, 3.8) is 0 Å². The second-order valence-corrected chi connectivity index (χ2v) is 4.98. The van der Waals surface area contributed by atoms with E-state index in [1.54, 1.807) is 12.3 Å². The lowest BCUT2D eigenvalue weighted by Crippen LogP contribution is -2.33. The molecule has 0 aliphatic heterocycles. The van der Waals surface area contributed by atoms with E-state index in [0.29, 0.717) is 17.8 Å². The molecule has 0 aromatic carbocycles. The maximum atomic E-state index is 13.4. The molecule has 0 bridgehead atoms. The monoisotopic (exact) mass is 222 g/mol. The van der Waals surface area contributed by atoms with Gasteiger partial charge in [0.05, 0.1) is 0 Å². The highest BCUT2D eigenvalue weighted by Crippen LogP contribution is 2.30.